The van der Waals surface area contributed by atoms with E-state index in [4.69, 9.17) is 5.11 Å². The van der Waals surface area contributed by atoms with Crippen LogP contribution in [0.4, 0.5) is 0 Å². The molecule has 1 aromatic carbocycles. The van der Waals surface area contributed by atoms with Crippen molar-refractivity contribution in [2.24, 2.45) is 0 Å². The maximum absolute atomic E-state index is 11.8. The molecule has 0 aliphatic heterocycles. The highest BCUT2D eigenvalue weighted by atomic mass is 35.5. The lowest BCUT2D eigenvalue weighted by molar-refractivity contribution is -0.846. The van der Waals surface area contributed by atoms with Crippen molar-refractivity contribution in [3.63, 3.8) is 0 Å². The number of aliphatic hydroxyl groups is 1. The van der Waals surface area contributed by atoms with E-state index in [2.05, 4.69) is 6.58 Å². The van der Waals surface area contributed by atoms with E-state index < -0.39 is 0 Å². The first kappa shape index (κ1) is 15.8. The fourth-order valence-electron chi connectivity index (χ4n) is 1.69. The molecular formula is C13H18ClNO2. The van der Waals surface area contributed by atoms with E-state index in [1.54, 1.807) is 0 Å². The van der Waals surface area contributed by atoms with E-state index in [1.165, 1.54) is 6.08 Å². The predicted molar refractivity (Wildman–Crippen MR) is 63.5 cm³/mol. The molecule has 3 nitrogen and oxygen atoms in total. The molecule has 0 bridgehead atoms. The summed E-state index contributed by atoms with van der Waals surface area (Å²) in [5, 5.41) is 9.02. The molecule has 1 aromatic rings. The zero-order valence-corrected chi connectivity index (χ0v) is 10.7. The van der Waals surface area contributed by atoms with Crippen LogP contribution in [0.1, 0.15) is 5.56 Å². The van der Waals surface area contributed by atoms with E-state index in [9.17, 15) is 4.79 Å². The number of hydrogen-bond acceptors (Lipinski definition) is 2. The highest BCUT2D eigenvalue weighted by Crippen LogP contribution is 2.12. The molecule has 0 spiro atoms. The van der Waals surface area contributed by atoms with Crippen molar-refractivity contribution in [2.75, 3.05) is 20.2 Å². The summed E-state index contributed by atoms with van der Waals surface area (Å²) >= 11 is 0. The van der Waals surface area contributed by atoms with Crippen molar-refractivity contribution in [1.82, 2.24) is 0 Å². The van der Waals surface area contributed by atoms with Crippen LogP contribution in [-0.2, 0) is 11.3 Å². The largest absolute Gasteiger partial charge is 1.00 e. The zero-order valence-electron chi connectivity index (χ0n) is 9.97. The minimum absolute atomic E-state index is 0. The molecule has 0 aliphatic rings. The Labute approximate surface area is 108 Å². The van der Waals surface area contributed by atoms with Crippen molar-refractivity contribution in [3.05, 3.63) is 48.6 Å². The van der Waals surface area contributed by atoms with Gasteiger partial charge in [0.25, 0.3) is 0 Å². The summed E-state index contributed by atoms with van der Waals surface area (Å²) in [6, 6.07) is 9.78. The summed E-state index contributed by atoms with van der Waals surface area (Å²) in [7, 11) is 1.81. The maximum Gasteiger partial charge on any atom is 0.338 e. The van der Waals surface area contributed by atoms with E-state index in [0.717, 1.165) is 5.56 Å². The first-order chi connectivity index (χ1) is 7.62. The number of likely N-dealkylation sites (N-methyl/N-ethyl adjacent to an activating group) is 1. The Balaban J connectivity index is 0.00000256. The van der Waals surface area contributed by atoms with Gasteiger partial charge in [0.15, 0.2) is 0 Å². The fraction of sp³-hybridized carbons (Fsp3) is 0.308. The second kappa shape index (κ2) is 7.22. The monoisotopic (exact) mass is 255 g/mol. The Hall–Kier alpha value is -1.16. The second-order valence-corrected chi connectivity index (χ2v) is 4.03. The van der Waals surface area contributed by atoms with Crippen LogP contribution in [-0.4, -0.2) is 35.7 Å². The molecule has 1 unspecified atom stereocenters. The number of amides is 1. The molecule has 0 aliphatic carbocycles. The number of quaternary nitrogens is 1. The minimum Gasteiger partial charge on any atom is -1.00 e. The molecular weight excluding hydrogens is 238 g/mol. The molecule has 0 fully saturated rings. The summed E-state index contributed by atoms with van der Waals surface area (Å²) in [6.07, 6.45) is 1.32. The lowest BCUT2D eigenvalue weighted by atomic mass is 10.2. The number of benzene rings is 1. The van der Waals surface area contributed by atoms with Crippen LogP contribution in [0.15, 0.2) is 43.0 Å². The second-order valence-electron chi connectivity index (χ2n) is 4.03. The number of hydrogen-bond donors (Lipinski definition) is 1. The molecule has 1 N–H and O–H groups in total. The molecule has 0 saturated carbocycles. The van der Waals surface area contributed by atoms with Gasteiger partial charge in [0, 0.05) is 11.6 Å². The Bertz CT molecular complexity index is 367. The highest BCUT2D eigenvalue weighted by molar-refractivity contribution is 5.80. The quantitative estimate of drug-likeness (QED) is 0.505. The number of carbonyl (C=O) groups excluding carboxylic acids is 1. The Morgan fingerprint density at radius 2 is 2.00 bits per heavy atom. The third kappa shape index (κ3) is 4.30. The van der Waals surface area contributed by atoms with Gasteiger partial charge in [-0.05, 0) is 0 Å². The molecule has 4 heteroatoms. The van der Waals surface area contributed by atoms with Crippen LogP contribution in [0.25, 0.3) is 0 Å². The van der Waals surface area contributed by atoms with Gasteiger partial charge < -0.3 is 17.5 Å². The summed E-state index contributed by atoms with van der Waals surface area (Å²) in [5.41, 5.74) is 1.08. The molecule has 17 heavy (non-hydrogen) atoms. The van der Waals surface area contributed by atoms with Crippen molar-refractivity contribution in [2.45, 2.75) is 6.54 Å². The van der Waals surface area contributed by atoms with Crippen LogP contribution in [0.5, 0.6) is 0 Å². The summed E-state index contributed by atoms with van der Waals surface area (Å²) < 4.78 is 0.157. The molecule has 0 saturated heterocycles. The molecule has 1 amide bonds. The molecule has 0 radical (unpaired) electrons. The smallest absolute Gasteiger partial charge is 0.338 e. The Morgan fingerprint density at radius 1 is 1.41 bits per heavy atom. The van der Waals surface area contributed by atoms with Gasteiger partial charge in [-0.3, -0.25) is 4.48 Å². The van der Waals surface area contributed by atoms with Gasteiger partial charge in [-0.1, -0.05) is 36.9 Å². The topological polar surface area (TPSA) is 37.3 Å². The summed E-state index contributed by atoms with van der Waals surface area (Å²) in [4.78, 5) is 11.8. The minimum atomic E-state index is -0.0714. The predicted octanol–water partition coefficient (Wildman–Crippen LogP) is -1.66. The maximum atomic E-state index is 11.8. The number of halogens is 1. The van der Waals surface area contributed by atoms with Crippen molar-refractivity contribution in [3.8, 4) is 0 Å². The van der Waals surface area contributed by atoms with Gasteiger partial charge >= 0.3 is 5.91 Å². The molecule has 94 valence electrons. The van der Waals surface area contributed by atoms with E-state index in [-0.39, 0.29) is 29.4 Å². The standard InChI is InChI=1S/C13H18NO2.ClH/c1-3-13(16)14(2,9-10-15)11-12-7-5-4-6-8-12;/h3-8,15H,1,9-11H2,2H3;1H/q+1;/p-1. The van der Waals surface area contributed by atoms with Crippen molar-refractivity contribution < 1.29 is 26.8 Å². The lowest BCUT2D eigenvalue weighted by Gasteiger charge is -2.29. The van der Waals surface area contributed by atoms with Crippen molar-refractivity contribution >= 4 is 5.91 Å². The van der Waals surface area contributed by atoms with Crippen LogP contribution in [0.2, 0.25) is 0 Å². The fourth-order valence-corrected chi connectivity index (χ4v) is 1.69. The lowest BCUT2D eigenvalue weighted by Crippen LogP contribution is -3.00. The first-order valence-electron chi connectivity index (χ1n) is 5.28. The van der Waals surface area contributed by atoms with Gasteiger partial charge in [0.05, 0.1) is 13.7 Å². The number of aliphatic hydroxyl groups excluding tert-OH is 1. The van der Waals surface area contributed by atoms with Crippen LogP contribution in [0.3, 0.4) is 0 Å². The van der Waals surface area contributed by atoms with E-state index in [0.29, 0.717) is 13.1 Å². The van der Waals surface area contributed by atoms with Gasteiger partial charge in [-0.15, -0.1) is 0 Å². The average molecular weight is 256 g/mol. The van der Waals surface area contributed by atoms with Gasteiger partial charge in [-0.25, -0.2) is 4.79 Å². The third-order valence-corrected chi connectivity index (χ3v) is 2.67. The number of carbonyl (C=O) groups is 1. The molecule has 1 rings (SSSR count). The van der Waals surface area contributed by atoms with E-state index >= 15 is 0 Å². The Kier molecular flexibility index (Phi) is 6.73. The van der Waals surface area contributed by atoms with Gasteiger partial charge in [0.2, 0.25) is 0 Å². The van der Waals surface area contributed by atoms with Crippen LogP contribution < -0.4 is 12.4 Å². The zero-order chi connectivity index (χ0) is 12.0. The molecule has 0 heterocycles. The number of nitrogens with zero attached hydrogens (tertiary/aromatic N) is 1. The van der Waals surface area contributed by atoms with Crippen LogP contribution >= 0.6 is 0 Å². The van der Waals surface area contributed by atoms with Gasteiger partial charge in [-0.2, -0.15) is 0 Å². The molecule has 0 aromatic heterocycles. The third-order valence-electron chi connectivity index (χ3n) is 2.67. The summed E-state index contributed by atoms with van der Waals surface area (Å²) in [5.74, 6) is -0.0714. The summed E-state index contributed by atoms with van der Waals surface area (Å²) in [6.45, 7) is 4.47. The highest BCUT2D eigenvalue weighted by Gasteiger charge is 2.28. The normalized spacial score (nSPS) is 13.3. The van der Waals surface area contributed by atoms with Gasteiger partial charge in [0.1, 0.15) is 13.1 Å². The number of rotatable bonds is 5. The SMILES string of the molecule is C=CC(=O)[N+](C)(CCO)Cc1ccccc1.[Cl-]. The van der Waals surface area contributed by atoms with Crippen LogP contribution in [0, 0.1) is 0 Å². The van der Waals surface area contributed by atoms with E-state index in [1.807, 2.05) is 37.4 Å². The average Bonchev–Trinajstić information content (AvgIpc) is 2.29. The first-order valence-corrected chi connectivity index (χ1v) is 5.28. The molecule has 1 atom stereocenters. The van der Waals surface area contributed by atoms with Crippen molar-refractivity contribution in [1.29, 1.82) is 0 Å². The Morgan fingerprint density at radius 3 is 2.47 bits per heavy atom.